The number of carboxylic acids is 1. The van der Waals surface area contributed by atoms with Crippen LogP contribution in [0.3, 0.4) is 0 Å². The van der Waals surface area contributed by atoms with Crippen LogP contribution in [0, 0.1) is 0 Å². The number of methoxy groups -OCH3 is 1. The van der Waals surface area contributed by atoms with Crippen LogP contribution in [-0.4, -0.2) is 151 Å². The van der Waals surface area contributed by atoms with Crippen LogP contribution in [0.15, 0.2) is 70.1 Å². The molecule has 66 heavy (non-hydrogen) atoms. The lowest BCUT2D eigenvalue weighted by atomic mass is 9.75. The van der Waals surface area contributed by atoms with E-state index in [4.69, 9.17) is 18.9 Å². The van der Waals surface area contributed by atoms with E-state index in [1.54, 1.807) is 39.2 Å². The molecule has 24 heteroatoms. The average molecular weight is 1010 g/mol. The second-order valence-corrected chi connectivity index (χ2v) is 22.4. The van der Waals surface area contributed by atoms with Crippen LogP contribution in [0.25, 0.3) is 0 Å². The number of allylic oxidation sites excluding steroid dienone is 4. The Bertz CT molecular complexity index is 2580. The normalized spacial score (nSPS) is 19.6. The monoisotopic (exact) mass is 1010 g/mol. The highest BCUT2D eigenvalue weighted by Crippen LogP contribution is 2.51. The van der Waals surface area contributed by atoms with E-state index in [0.717, 1.165) is 0 Å². The van der Waals surface area contributed by atoms with Gasteiger partial charge < -0.3 is 29.0 Å². The summed E-state index contributed by atoms with van der Waals surface area (Å²) in [5, 5.41) is 9.20. The molecule has 0 saturated carbocycles. The van der Waals surface area contributed by atoms with Gasteiger partial charge in [0.1, 0.15) is 6.54 Å². The van der Waals surface area contributed by atoms with Gasteiger partial charge in [0.15, 0.2) is 5.71 Å². The average Bonchev–Trinajstić information content (AvgIpc) is 3.57. The van der Waals surface area contributed by atoms with Crippen LogP contribution in [0.5, 0.6) is 0 Å². The molecule has 20 nitrogen and oxygen atoms in total. The molecule has 2 unspecified atom stereocenters. The van der Waals surface area contributed by atoms with Crippen molar-refractivity contribution in [2.45, 2.75) is 85.8 Å². The third kappa shape index (κ3) is 15.4. The molecule has 0 amide bonds. The summed E-state index contributed by atoms with van der Waals surface area (Å²) in [7, 11) is -16.6. The molecule has 2 atom stereocenters. The van der Waals surface area contributed by atoms with Gasteiger partial charge in [-0.05, 0) is 94.3 Å². The fourth-order valence-electron chi connectivity index (χ4n) is 8.40. The Morgan fingerprint density at radius 3 is 1.76 bits per heavy atom. The summed E-state index contributed by atoms with van der Waals surface area (Å²) in [6.45, 7) is 6.23. The highest BCUT2D eigenvalue weighted by Gasteiger charge is 2.48. The lowest BCUT2D eigenvalue weighted by Gasteiger charge is -2.30. The minimum Gasteiger partial charge on any atom is -0.481 e. The number of hydrogen-bond donors (Lipinski definition) is 5. The van der Waals surface area contributed by atoms with Crippen molar-refractivity contribution in [3.63, 3.8) is 0 Å². The molecule has 2 heterocycles. The van der Waals surface area contributed by atoms with Crippen molar-refractivity contribution in [1.29, 1.82) is 0 Å². The summed E-state index contributed by atoms with van der Waals surface area (Å²) < 4.78 is 160. The summed E-state index contributed by atoms with van der Waals surface area (Å²) in [6.07, 6.45) is 6.51. The van der Waals surface area contributed by atoms with Gasteiger partial charge in [-0.15, -0.1) is 0 Å². The zero-order chi connectivity index (χ0) is 49.0. The number of anilines is 1. The predicted octanol–water partition coefficient (Wildman–Crippen LogP) is 4.43. The Labute approximate surface area is 387 Å². The number of rotatable bonds is 30. The number of hydrogen-bond acceptors (Lipinski definition) is 14. The molecule has 0 radical (unpaired) electrons. The van der Waals surface area contributed by atoms with E-state index in [1.165, 1.54) is 36.4 Å². The summed E-state index contributed by atoms with van der Waals surface area (Å²) in [6, 6.07) is 8.13. The minimum absolute atomic E-state index is 0.0523. The molecule has 0 spiro atoms. The van der Waals surface area contributed by atoms with Crippen molar-refractivity contribution < 1.29 is 85.3 Å². The molecule has 0 bridgehead atoms. The summed E-state index contributed by atoms with van der Waals surface area (Å²) >= 11 is 0. The van der Waals surface area contributed by atoms with E-state index >= 15 is 0 Å². The Balaban J connectivity index is 1.83. The molecule has 5 N–H and O–H groups in total. The molecule has 0 fully saturated rings. The van der Waals surface area contributed by atoms with E-state index in [1.807, 2.05) is 9.48 Å². The largest absolute Gasteiger partial charge is 0.481 e. The first-order chi connectivity index (χ1) is 30.8. The van der Waals surface area contributed by atoms with Gasteiger partial charge in [0, 0.05) is 61.0 Å². The molecule has 0 aromatic heterocycles. The first-order valence-corrected chi connectivity index (χ1v) is 27.3. The van der Waals surface area contributed by atoms with Crippen LogP contribution in [-0.2, 0) is 75.0 Å². The van der Waals surface area contributed by atoms with E-state index in [9.17, 15) is 61.8 Å². The van der Waals surface area contributed by atoms with Gasteiger partial charge >= 0.3 is 5.97 Å². The maximum Gasteiger partial charge on any atom is 0.303 e. The summed E-state index contributed by atoms with van der Waals surface area (Å²) in [5.74, 6) is -2.16. The summed E-state index contributed by atoms with van der Waals surface area (Å²) in [4.78, 5) is 12.3. The molecule has 2 aromatic carbocycles. The van der Waals surface area contributed by atoms with Crippen molar-refractivity contribution in [3.05, 3.63) is 71.5 Å². The number of carbonyl (C=O) groups is 1. The Morgan fingerprint density at radius 2 is 1.21 bits per heavy atom. The van der Waals surface area contributed by atoms with Crippen LogP contribution in [0.4, 0.5) is 11.4 Å². The van der Waals surface area contributed by atoms with Gasteiger partial charge in [0.2, 0.25) is 5.69 Å². The topological polar surface area (TPSA) is 298 Å². The molecular formula is C42H61N2O18S4+. The quantitative estimate of drug-likeness (QED) is 0.0411. The molecule has 370 valence electrons. The van der Waals surface area contributed by atoms with Crippen molar-refractivity contribution >= 4 is 63.5 Å². The molecule has 2 aromatic rings. The maximum absolute atomic E-state index is 12.4. The van der Waals surface area contributed by atoms with Gasteiger partial charge in [-0.2, -0.15) is 38.2 Å². The van der Waals surface area contributed by atoms with E-state index in [2.05, 4.69) is 0 Å². The third-order valence-corrected chi connectivity index (χ3v) is 14.9. The van der Waals surface area contributed by atoms with Gasteiger partial charge in [0.05, 0.1) is 73.0 Å². The number of ether oxygens (including phenoxy) is 4. The molecule has 0 saturated heterocycles. The summed E-state index contributed by atoms with van der Waals surface area (Å²) in [5.41, 5.74) is 0.770. The van der Waals surface area contributed by atoms with Crippen LogP contribution in [0.1, 0.15) is 76.3 Å². The van der Waals surface area contributed by atoms with Gasteiger partial charge in [-0.25, -0.2) is 0 Å². The van der Waals surface area contributed by atoms with Crippen molar-refractivity contribution in [2.75, 3.05) is 82.9 Å². The molecule has 4 rings (SSSR count). The minimum atomic E-state index is -4.70. The van der Waals surface area contributed by atoms with Crippen molar-refractivity contribution in [2.24, 2.45) is 0 Å². The standard InChI is InChI=1S/C42H60N2O18S4/c1-41(17-8-28-63(47,48)49)34-30-32(65(53,54)55)13-15-36(34)43(19-6-4-5-12-40(45)46)38(41)10-7-11-39-42(2,18-9-29-64(50,51)52)35-31-33(66(56,57)58)14-16-37(35)44(39)20-21-60-24-25-62-27-26-61-23-22-59-3/h7,10-11,13-16,30-31H,4-6,8-9,12,17-29H2,1-3H3,(H4-,45,46,47,48,49,50,51,52,53,54,55,56,57,58)/p+1. The number of nitrogens with zero attached hydrogens (tertiary/aromatic N) is 2. The van der Waals surface area contributed by atoms with Crippen LogP contribution >= 0.6 is 0 Å². The van der Waals surface area contributed by atoms with Gasteiger partial charge in [-0.3, -0.25) is 23.0 Å². The van der Waals surface area contributed by atoms with Gasteiger partial charge in [0.25, 0.3) is 40.5 Å². The van der Waals surface area contributed by atoms with Crippen LogP contribution < -0.4 is 4.90 Å². The zero-order valence-corrected chi connectivity index (χ0v) is 40.5. The maximum atomic E-state index is 12.4. The number of benzene rings is 2. The highest BCUT2D eigenvalue weighted by molar-refractivity contribution is 7.86. The van der Waals surface area contributed by atoms with E-state index in [-0.39, 0.29) is 58.5 Å². The lowest BCUT2D eigenvalue weighted by molar-refractivity contribution is -0.438. The van der Waals surface area contributed by atoms with Crippen molar-refractivity contribution in [3.8, 4) is 0 Å². The van der Waals surface area contributed by atoms with Crippen LogP contribution in [0.2, 0.25) is 0 Å². The first kappa shape index (κ1) is 54.9. The zero-order valence-electron chi connectivity index (χ0n) is 37.2. The fraction of sp³-hybridized carbons (Fsp3) is 0.571. The fourth-order valence-corrected chi connectivity index (χ4v) is 10.4. The highest BCUT2D eigenvalue weighted by atomic mass is 32.2. The van der Waals surface area contributed by atoms with Crippen molar-refractivity contribution in [1.82, 2.24) is 0 Å². The number of aliphatic carboxylic acids is 1. The molecule has 2 aliphatic heterocycles. The number of unbranched alkanes of at least 4 members (excludes halogenated alkanes) is 2. The first-order valence-electron chi connectivity index (χ1n) is 21.2. The second-order valence-electron chi connectivity index (χ2n) is 16.4. The SMILES string of the molecule is COCCOCCOCCOCCN1/C(=C/C=C/C2=[N+](CCCCCC(=O)O)c3ccc(S(=O)(=O)O)cc3C2(C)CCCS(=O)(=O)O)C(C)(CCCS(=O)(=O)O)c2cc(S(=O)(=O)O)ccc21. The van der Waals surface area contributed by atoms with E-state index in [0.29, 0.717) is 86.1 Å². The number of carboxylic acid groups (broad SMARTS) is 1. The number of fused-ring (bicyclic) bond motifs is 2. The molecule has 0 aliphatic carbocycles. The Morgan fingerprint density at radius 1 is 0.682 bits per heavy atom. The predicted molar refractivity (Wildman–Crippen MR) is 243 cm³/mol. The Hall–Kier alpha value is -3.66. The smallest absolute Gasteiger partial charge is 0.303 e. The molecular weight excluding hydrogens is 949 g/mol. The second kappa shape index (κ2) is 23.6. The Kier molecular flexibility index (Phi) is 19.6. The molecule has 2 aliphatic rings. The van der Waals surface area contributed by atoms with Gasteiger partial charge in [-0.1, -0.05) is 6.08 Å². The lowest BCUT2D eigenvalue weighted by Crippen LogP contribution is -2.32. The third-order valence-electron chi connectivity index (χ3n) is 11.6. The van der Waals surface area contributed by atoms with E-state index < -0.39 is 78.6 Å².